The van der Waals surface area contributed by atoms with E-state index in [1.54, 1.807) is 13.8 Å². The number of urea groups is 1. The topological polar surface area (TPSA) is 117 Å². The van der Waals surface area contributed by atoms with E-state index in [-0.39, 0.29) is 0 Å². The Bertz CT molecular complexity index is 744. The summed E-state index contributed by atoms with van der Waals surface area (Å²) < 4.78 is 0.850. The van der Waals surface area contributed by atoms with Crippen molar-refractivity contribution in [1.82, 2.24) is 10.5 Å². The van der Waals surface area contributed by atoms with Crippen molar-refractivity contribution in [2.45, 2.75) is 50.7 Å². The fourth-order valence-electron chi connectivity index (χ4n) is 3.87. The number of hydrazone groups is 1. The van der Waals surface area contributed by atoms with E-state index >= 15 is 0 Å². The van der Waals surface area contributed by atoms with E-state index in [4.69, 9.17) is 5.73 Å². The lowest BCUT2D eigenvalue weighted by Gasteiger charge is -2.38. The van der Waals surface area contributed by atoms with Gasteiger partial charge in [0.05, 0.1) is 0 Å². The Hall–Kier alpha value is -2.45. The Morgan fingerprint density at radius 2 is 2.04 bits per heavy atom. The van der Waals surface area contributed by atoms with Crippen LogP contribution in [0.25, 0.3) is 0 Å². The highest BCUT2D eigenvalue weighted by atomic mass is 16.6. The van der Waals surface area contributed by atoms with Crippen LogP contribution in [0.2, 0.25) is 0 Å². The number of amides is 2. The Morgan fingerprint density at radius 3 is 2.68 bits per heavy atom. The van der Waals surface area contributed by atoms with Gasteiger partial charge in [0.25, 0.3) is 5.66 Å². The van der Waals surface area contributed by atoms with Crippen molar-refractivity contribution < 1.29 is 14.7 Å². The third kappa shape index (κ3) is 2.58. The van der Waals surface area contributed by atoms with Gasteiger partial charge >= 0.3 is 6.03 Å². The fourth-order valence-corrected chi connectivity index (χ4v) is 3.87. The van der Waals surface area contributed by atoms with Crippen molar-refractivity contribution in [3.63, 3.8) is 0 Å². The molecule has 0 unspecified atom stereocenters. The van der Waals surface area contributed by atoms with Crippen LogP contribution in [0.4, 0.5) is 4.79 Å². The minimum Gasteiger partial charge on any atom is -0.622 e. The van der Waals surface area contributed by atoms with Crippen molar-refractivity contribution in [2.24, 2.45) is 10.8 Å². The maximum absolute atomic E-state index is 13.4. The van der Waals surface area contributed by atoms with Crippen LogP contribution in [0, 0.1) is 5.21 Å². The molecular weight excluding hydrogens is 322 g/mol. The average molecular weight is 345 g/mol. The molecule has 1 aliphatic carbocycles. The van der Waals surface area contributed by atoms with Gasteiger partial charge < -0.3 is 16.1 Å². The number of primary amides is 1. The molecule has 0 radical (unpaired) electrons. The van der Waals surface area contributed by atoms with Crippen LogP contribution in [-0.2, 0) is 0 Å². The lowest BCUT2D eigenvalue weighted by Crippen LogP contribution is -2.61. The zero-order chi connectivity index (χ0) is 18.2. The van der Waals surface area contributed by atoms with Crippen LogP contribution >= 0.6 is 0 Å². The summed E-state index contributed by atoms with van der Waals surface area (Å²) in [7, 11) is 0. The molecule has 1 atom stereocenters. The van der Waals surface area contributed by atoms with Gasteiger partial charge in [0.15, 0.2) is 0 Å². The Morgan fingerprint density at radius 1 is 1.36 bits per heavy atom. The van der Waals surface area contributed by atoms with Gasteiger partial charge in [0.1, 0.15) is 11.3 Å². The number of nitrogens with two attached hydrogens (primary N) is 1. The maximum atomic E-state index is 13.4. The van der Waals surface area contributed by atoms with E-state index in [1.165, 1.54) is 0 Å². The normalized spacial score (nSPS) is 27.9. The predicted molar refractivity (Wildman–Crippen MR) is 93.2 cm³/mol. The fraction of sp³-hybridized carbons (Fsp3) is 0.471. The molecule has 2 aliphatic rings. The van der Waals surface area contributed by atoms with Crippen LogP contribution in [0.15, 0.2) is 35.4 Å². The number of nitrogens with zero attached hydrogens (tertiary/aromatic N) is 3. The molecule has 0 saturated heterocycles. The van der Waals surface area contributed by atoms with Crippen molar-refractivity contribution in [3.05, 3.63) is 41.1 Å². The number of hydrogen-bond donors (Lipinski definition) is 3. The van der Waals surface area contributed by atoms with Crippen molar-refractivity contribution >= 4 is 17.5 Å². The molecule has 1 heterocycles. The first-order valence-corrected chi connectivity index (χ1v) is 8.33. The van der Waals surface area contributed by atoms with Crippen LogP contribution in [0.1, 0.15) is 45.1 Å². The second-order valence-electron chi connectivity index (χ2n) is 6.94. The first kappa shape index (κ1) is 17.4. The maximum Gasteiger partial charge on any atom is 0.332 e. The molecular formula is C17H23N5O3. The lowest BCUT2D eigenvalue weighted by atomic mass is 9.86. The molecule has 1 aromatic carbocycles. The minimum atomic E-state index is -1.34. The highest BCUT2D eigenvalue weighted by Gasteiger charge is 2.65. The Kier molecular flexibility index (Phi) is 4.26. The smallest absolute Gasteiger partial charge is 0.332 e. The molecule has 8 nitrogen and oxygen atoms in total. The number of nitrogens with one attached hydrogen (secondary N) is 1. The standard InChI is InChI=1S/C17H23N5O3/c1-16(2)14(12-8-4-3-5-9-12)21(24)17(22(16)25)11-7-6-10-13(17)19-20-15(18)23/h3-5,8-9,25H,6-7,10-11H2,1-2H3,(H3,18,20,23)/t17-/m0/s1. The molecule has 4 N–H and O–H groups in total. The van der Waals surface area contributed by atoms with E-state index in [2.05, 4.69) is 10.5 Å². The second-order valence-corrected chi connectivity index (χ2v) is 6.94. The first-order chi connectivity index (χ1) is 11.8. The van der Waals surface area contributed by atoms with Gasteiger partial charge in [-0.15, -0.1) is 5.06 Å². The Labute approximate surface area is 146 Å². The molecule has 0 bridgehead atoms. The van der Waals surface area contributed by atoms with Crippen molar-refractivity contribution in [2.75, 3.05) is 0 Å². The number of rotatable bonds is 2. The van der Waals surface area contributed by atoms with Crippen molar-refractivity contribution in [3.8, 4) is 0 Å². The average Bonchev–Trinajstić information content (AvgIpc) is 2.73. The predicted octanol–water partition coefficient (Wildman–Crippen LogP) is 1.76. The molecule has 1 aromatic rings. The second kappa shape index (κ2) is 6.12. The molecule has 0 aromatic heterocycles. The summed E-state index contributed by atoms with van der Waals surface area (Å²) in [6.45, 7) is 3.59. The van der Waals surface area contributed by atoms with E-state index < -0.39 is 17.2 Å². The van der Waals surface area contributed by atoms with E-state index in [0.717, 1.165) is 28.2 Å². The van der Waals surface area contributed by atoms with Gasteiger partial charge in [-0.1, -0.05) is 18.2 Å². The first-order valence-electron chi connectivity index (χ1n) is 8.33. The molecule has 1 saturated carbocycles. The monoisotopic (exact) mass is 345 g/mol. The lowest BCUT2D eigenvalue weighted by molar-refractivity contribution is -0.568. The summed E-state index contributed by atoms with van der Waals surface area (Å²) >= 11 is 0. The molecule has 3 rings (SSSR count). The molecule has 25 heavy (non-hydrogen) atoms. The molecule has 134 valence electrons. The van der Waals surface area contributed by atoms with Gasteiger partial charge in [-0.2, -0.15) is 9.84 Å². The largest absolute Gasteiger partial charge is 0.622 e. The highest BCUT2D eigenvalue weighted by molar-refractivity contribution is 6.07. The van der Waals surface area contributed by atoms with E-state index in [1.807, 2.05) is 30.3 Å². The van der Waals surface area contributed by atoms with Crippen LogP contribution < -0.4 is 11.2 Å². The van der Waals surface area contributed by atoms with Gasteiger partial charge in [-0.3, -0.25) is 0 Å². The molecule has 8 heteroatoms. The summed E-state index contributed by atoms with van der Waals surface area (Å²) in [6.07, 6.45) is 2.49. The van der Waals surface area contributed by atoms with Gasteiger partial charge in [0.2, 0.25) is 5.71 Å². The van der Waals surface area contributed by atoms with Crippen molar-refractivity contribution in [1.29, 1.82) is 0 Å². The molecule has 1 aliphatic heterocycles. The highest BCUT2D eigenvalue weighted by Crippen LogP contribution is 2.42. The van der Waals surface area contributed by atoms with Gasteiger partial charge in [-0.25, -0.2) is 10.2 Å². The zero-order valence-electron chi connectivity index (χ0n) is 14.4. The summed E-state index contributed by atoms with van der Waals surface area (Å²) in [5.74, 6) is 0. The third-order valence-corrected chi connectivity index (χ3v) is 5.00. The molecule has 2 amide bonds. The number of hydrogen-bond acceptors (Lipinski definition) is 5. The summed E-state index contributed by atoms with van der Waals surface area (Å²) in [4.78, 5) is 11.1. The SMILES string of the molecule is CC1(C)C(c2ccccc2)=[N+]([O-])[C@@]2(CCCCC2=NNC(N)=O)N1O. The molecule has 1 fully saturated rings. The third-order valence-electron chi connectivity index (χ3n) is 5.00. The Balaban J connectivity index is 2.18. The summed E-state index contributed by atoms with van der Waals surface area (Å²) in [5, 5.41) is 29.6. The number of benzene rings is 1. The van der Waals surface area contributed by atoms with E-state index in [9.17, 15) is 15.2 Å². The van der Waals surface area contributed by atoms with Gasteiger partial charge in [0, 0.05) is 12.0 Å². The number of carbonyl (C=O) groups excluding carboxylic acids is 1. The van der Waals surface area contributed by atoms with E-state index in [0.29, 0.717) is 24.3 Å². The van der Waals surface area contributed by atoms with Crippen LogP contribution in [0.5, 0.6) is 0 Å². The number of carbonyl (C=O) groups is 1. The quantitative estimate of drug-likeness (QED) is 0.430. The number of hydroxylamine groups is 3. The van der Waals surface area contributed by atoms with Crippen LogP contribution in [-0.4, -0.2) is 43.7 Å². The summed E-state index contributed by atoms with van der Waals surface area (Å²) in [5.41, 5.74) is 6.67. The molecule has 1 spiro atoms. The summed E-state index contributed by atoms with van der Waals surface area (Å²) in [6, 6.07) is 8.46. The zero-order valence-corrected chi connectivity index (χ0v) is 14.4. The van der Waals surface area contributed by atoms with Crippen LogP contribution in [0.3, 0.4) is 0 Å². The minimum absolute atomic E-state index is 0.409. The van der Waals surface area contributed by atoms with Gasteiger partial charge in [-0.05, 0) is 45.2 Å².